The molecule has 2 N–H and O–H groups in total. The predicted molar refractivity (Wildman–Crippen MR) is 79.6 cm³/mol. The molecule has 0 heterocycles. The lowest BCUT2D eigenvalue weighted by Crippen LogP contribution is -2.49. The van der Waals surface area contributed by atoms with Crippen molar-refractivity contribution in [3.63, 3.8) is 0 Å². The third kappa shape index (κ3) is 2.92. The fourth-order valence-electron chi connectivity index (χ4n) is 2.13. The van der Waals surface area contributed by atoms with Gasteiger partial charge in [0.2, 0.25) is 5.91 Å². The number of carbonyl (C=O) groups excluding carboxylic acids is 1. The van der Waals surface area contributed by atoms with Crippen LogP contribution in [0.3, 0.4) is 0 Å². The zero-order valence-electron chi connectivity index (χ0n) is 11.4. The maximum atomic E-state index is 13.2. The Morgan fingerprint density at radius 1 is 1.42 bits per heavy atom. The number of anilines is 1. The van der Waals surface area contributed by atoms with E-state index in [2.05, 4.69) is 0 Å². The molecule has 0 unspecified atom stereocenters. The maximum absolute atomic E-state index is 13.2. The van der Waals surface area contributed by atoms with E-state index < -0.39 is 5.41 Å². The Balaban J connectivity index is 3.14. The number of nitrogens with two attached hydrogens (primary N) is 1. The zero-order valence-corrected chi connectivity index (χ0v) is 12.3. The summed E-state index contributed by atoms with van der Waals surface area (Å²) in [5.74, 6) is -0.582. The highest BCUT2D eigenvalue weighted by atomic mass is 32.1. The van der Waals surface area contributed by atoms with Crippen LogP contribution < -0.4 is 10.6 Å². The van der Waals surface area contributed by atoms with Gasteiger partial charge in [-0.1, -0.05) is 32.1 Å². The average molecular weight is 282 g/mol. The molecule has 1 aromatic rings. The smallest absolute Gasteiger partial charge is 0.239 e. The van der Waals surface area contributed by atoms with Crippen LogP contribution in [-0.2, 0) is 4.79 Å². The number of carbonyl (C=O) groups is 1. The molecule has 0 aliphatic carbocycles. The van der Waals surface area contributed by atoms with Crippen LogP contribution in [0.1, 0.15) is 26.7 Å². The maximum Gasteiger partial charge on any atom is 0.239 e. The van der Waals surface area contributed by atoms with Gasteiger partial charge in [-0.3, -0.25) is 4.79 Å². The van der Waals surface area contributed by atoms with Gasteiger partial charge in [0, 0.05) is 12.7 Å². The highest BCUT2D eigenvalue weighted by molar-refractivity contribution is 7.80. The predicted octanol–water partition coefficient (Wildman–Crippen LogP) is 2.88. The van der Waals surface area contributed by atoms with Gasteiger partial charge in [-0.05, 0) is 31.0 Å². The summed E-state index contributed by atoms with van der Waals surface area (Å²) in [5, 5.41) is 0. The first kappa shape index (κ1) is 15.6. The van der Waals surface area contributed by atoms with Crippen molar-refractivity contribution < 1.29 is 9.18 Å². The highest BCUT2D eigenvalue weighted by Crippen LogP contribution is 2.31. The van der Waals surface area contributed by atoms with Crippen molar-refractivity contribution in [2.45, 2.75) is 26.7 Å². The fourth-order valence-corrected chi connectivity index (χ4v) is 2.51. The van der Waals surface area contributed by atoms with Crippen LogP contribution in [-0.4, -0.2) is 17.9 Å². The van der Waals surface area contributed by atoms with Crippen molar-refractivity contribution in [1.29, 1.82) is 0 Å². The lowest BCUT2D eigenvalue weighted by Gasteiger charge is -2.33. The van der Waals surface area contributed by atoms with E-state index in [0.29, 0.717) is 18.5 Å². The Kier molecular flexibility index (Phi) is 5.00. The normalized spacial score (nSPS) is 11.2. The molecule has 1 aromatic carbocycles. The van der Waals surface area contributed by atoms with Crippen molar-refractivity contribution in [2.24, 2.45) is 11.1 Å². The van der Waals surface area contributed by atoms with Crippen LogP contribution >= 0.6 is 12.2 Å². The molecule has 0 bridgehead atoms. The standard InChI is InChI=1S/C14H19FN2OS/c1-4-14(5-2,12(16)19)13(18)17(3)11-8-6-7-10(15)9-11/h6-9H,4-5H2,1-3H3,(H2,16,19). The van der Waals surface area contributed by atoms with Gasteiger partial charge in [0.15, 0.2) is 0 Å². The third-order valence-corrected chi connectivity index (χ3v) is 3.98. The van der Waals surface area contributed by atoms with E-state index >= 15 is 0 Å². The van der Waals surface area contributed by atoms with Crippen molar-refractivity contribution in [3.8, 4) is 0 Å². The number of hydrogen-bond acceptors (Lipinski definition) is 2. The lowest BCUT2D eigenvalue weighted by atomic mass is 9.80. The van der Waals surface area contributed by atoms with Gasteiger partial charge in [0.05, 0.1) is 10.4 Å². The van der Waals surface area contributed by atoms with Crippen LogP contribution in [0.5, 0.6) is 0 Å². The Hall–Kier alpha value is -1.49. The largest absolute Gasteiger partial charge is 0.392 e. The summed E-state index contributed by atoms with van der Waals surface area (Å²) in [6.45, 7) is 3.75. The van der Waals surface area contributed by atoms with Gasteiger partial charge in [-0.15, -0.1) is 0 Å². The van der Waals surface area contributed by atoms with Gasteiger partial charge in [-0.25, -0.2) is 4.39 Å². The highest BCUT2D eigenvalue weighted by Gasteiger charge is 2.40. The quantitative estimate of drug-likeness (QED) is 0.845. The Morgan fingerprint density at radius 2 is 2.00 bits per heavy atom. The van der Waals surface area contributed by atoms with Gasteiger partial charge in [0.1, 0.15) is 5.82 Å². The summed E-state index contributed by atoms with van der Waals surface area (Å²) in [6, 6.07) is 5.89. The van der Waals surface area contributed by atoms with Gasteiger partial charge in [0.25, 0.3) is 0 Å². The van der Waals surface area contributed by atoms with Gasteiger partial charge < -0.3 is 10.6 Å². The fraction of sp³-hybridized carbons (Fsp3) is 0.429. The number of rotatable bonds is 5. The number of thiocarbonyl (C=S) groups is 1. The van der Waals surface area contributed by atoms with Crippen LogP contribution in [0.25, 0.3) is 0 Å². The minimum absolute atomic E-state index is 0.186. The molecular weight excluding hydrogens is 263 g/mol. The van der Waals surface area contributed by atoms with Crippen LogP contribution in [0, 0.1) is 11.2 Å². The number of halogens is 1. The van der Waals surface area contributed by atoms with Gasteiger partial charge in [-0.2, -0.15) is 0 Å². The van der Waals surface area contributed by atoms with E-state index in [9.17, 15) is 9.18 Å². The van der Waals surface area contributed by atoms with Crippen LogP contribution in [0.15, 0.2) is 24.3 Å². The van der Waals surface area contributed by atoms with E-state index in [1.807, 2.05) is 13.8 Å². The van der Waals surface area contributed by atoms with Crippen molar-refractivity contribution in [3.05, 3.63) is 30.1 Å². The zero-order chi connectivity index (χ0) is 14.6. The first-order valence-corrected chi connectivity index (χ1v) is 6.63. The first-order valence-electron chi connectivity index (χ1n) is 6.22. The summed E-state index contributed by atoms with van der Waals surface area (Å²) in [4.78, 5) is 14.2. The second kappa shape index (κ2) is 6.10. The molecule has 19 heavy (non-hydrogen) atoms. The van der Waals surface area contributed by atoms with E-state index in [-0.39, 0.29) is 16.7 Å². The molecule has 3 nitrogen and oxygen atoms in total. The first-order chi connectivity index (χ1) is 8.89. The molecule has 0 fully saturated rings. The second-order valence-corrected chi connectivity index (χ2v) is 4.94. The molecule has 0 saturated heterocycles. The molecule has 0 aliphatic rings. The van der Waals surface area contributed by atoms with E-state index in [0.717, 1.165) is 0 Å². The molecule has 104 valence electrons. The van der Waals surface area contributed by atoms with Crippen LogP contribution in [0.2, 0.25) is 0 Å². The third-order valence-electron chi connectivity index (χ3n) is 3.59. The van der Waals surface area contributed by atoms with Gasteiger partial charge >= 0.3 is 0 Å². The summed E-state index contributed by atoms with van der Waals surface area (Å²) >= 11 is 5.05. The number of amides is 1. The number of benzene rings is 1. The number of nitrogens with zero attached hydrogens (tertiary/aromatic N) is 1. The van der Waals surface area contributed by atoms with E-state index in [1.54, 1.807) is 19.2 Å². The molecule has 0 saturated carbocycles. The molecule has 0 aliphatic heterocycles. The SMILES string of the molecule is CCC(CC)(C(=O)N(C)c1cccc(F)c1)C(N)=S. The van der Waals surface area contributed by atoms with Crippen molar-refractivity contribution >= 4 is 28.8 Å². The second-order valence-electron chi connectivity index (χ2n) is 4.50. The van der Waals surface area contributed by atoms with Crippen LogP contribution in [0.4, 0.5) is 10.1 Å². The Morgan fingerprint density at radius 3 is 2.42 bits per heavy atom. The topological polar surface area (TPSA) is 46.3 Å². The summed E-state index contributed by atoms with van der Waals surface area (Å²) in [6.07, 6.45) is 1.05. The molecule has 1 amide bonds. The Labute approximate surface area is 118 Å². The molecule has 0 aromatic heterocycles. The molecule has 0 spiro atoms. The average Bonchev–Trinajstić information content (AvgIpc) is 2.39. The summed E-state index contributed by atoms with van der Waals surface area (Å²) < 4.78 is 13.2. The summed E-state index contributed by atoms with van der Waals surface area (Å²) in [5.41, 5.74) is 5.38. The molecular formula is C14H19FN2OS. The summed E-state index contributed by atoms with van der Waals surface area (Å²) in [7, 11) is 1.61. The number of hydrogen-bond donors (Lipinski definition) is 1. The minimum atomic E-state index is -0.865. The Bertz CT molecular complexity index is 486. The van der Waals surface area contributed by atoms with E-state index in [1.165, 1.54) is 17.0 Å². The van der Waals surface area contributed by atoms with Crippen molar-refractivity contribution in [2.75, 3.05) is 11.9 Å². The molecule has 1 rings (SSSR count). The lowest BCUT2D eigenvalue weighted by molar-refractivity contribution is -0.124. The van der Waals surface area contributed by atoms with E-state index in [4.69, 9.17) is 18.0 Å². The minimum Gasteiger partial charge on any atom is -0.392 e. The van der Waals surface area contributed by atoms with Crippen molar-refractivity contribution in [1.82, 2.24) is 0 Å². The molecule has 5 heteroatoms. The molecule has 0 atom stereocenters. The molecule has 0 radical (unpaired) electrons. The monoisotopic (exact) mass is 282 g/mol.